The lowest BCUT2D eigenvalue weighted by Gasteiger charge is -2.33. The fraction of sp³-hybridized carbons (Fsp3) is 0.500. The van der Waals surface area contributed by atoms with E-state index in [9.17, 15) is 18.0 Å². The van der Waals surface area contributed by atoms with Crippen LogP contribution < -0.4 is 14.4 Å². The third-order valence-corrected chi connectivity index (χ3v) is 7.32. The zero-order valence-corrected chi connectivity index (χ0v) is 24.7. The second kappa shape index (κ2) is 13.8. The summed E-state index contributed by atoms with van der Waals surface area (Å²) in [4.78, 5) is 28.3. The molecule has 2 aromatic rings. The van der Waals surface area contributed by atoms with Gasteiger partial charge in [0.05, 0.1) is 18.6 Å². The van der Waals surface area contributed by atoms with E-state index >= 15 is 0 Å². The van der Waals surface area contributed by atoms with Crippen LogP contribution in [0.5, 0.6) is 5.75 Å². The molecule has 0 radical (unpaired) electrons. The van der Waals surface area contributed by atoms with Crippen molar-refractivity contribution >= 4 is 39.1 Å². The SMILES string of the molecule is CCOc1ccccc1N(CCCC(=O)N(Cc1ccccc1Cl)C(CC)C(=O)NC(C)(C)C)S(C)(=O)=O. The second-order valence-electron chi connectivity index (χ2n) is 10.1. The van der Waals surface area contributed by atoms with Crippen molar-refractivity contribution in [1.29, 1.82) is 0 Å². The number of halogens is 1. The number of carbonyl (C=O) groups is 2. The topological polar surface area (TPSA) is 96.0 Å². The Kier molecular flexibility index (Phi) is 11.5. The van der Waals surface area contributed by atoms with Gasteiger partial charge in [0.15, 0.2) is 0 Å². The Balaban J connectivity index is 2.29. The molecule has 1 N–H and O–H groups in total. The van der Waals surface area contributed by atoms with Crippen LogP contribution in [0.1, 0.15) is 59.4 Å². The Morgan fingerprint density at radius 2 is 1.68 bits per heavy atom. The quantitative estimate of drug-likeness (QED) is 0.368. The lowest BCUT2D eigenvalue weighted by molar-refractivity contribution is -0.142. The molecule has 1 unspecified atom stereocenters. The summed E-state index contributed by atoms with van der Waals surface area (Å²) in [7, 11) is -3.64. The molecule has 0 spiro atoms. The fourth-order valence-corrected chi connectivity index (χ4v) is 5.27. The standard InChI is InChI=1S/C28H40ClN3O5S/c1-7-23(27(34)30-28(3,4)5)31(20-21-14-9-10-15-22(21)29)26(33)18-13-19-32(38(6,35)36)24-16-11-12-17-25(24)37-8-2/h9-12,14-17,23H,7-8,13,18-20H2,1-6H3,(H,30,34). The van der Waals surface area contributed by atoms with E-state index < -0.39 is 21.6 Å². The van der Waals surface area contributed by atoms with Crippen LogP contribution in [-0.2, 0) is 26.2 Å². The number of para-hydroxylation sites is 2. The van der Waals surface area contributed by atoms with Crippen molar-refractivity contribution < 1.29 is 22.7 Å². The summed E-state index contributed by atoms with van der Waals surface area (Å²) >= 11 is 6.39. The number of hydrogen-bond donors (Lipinski definition) is 1. The van der Waals surface area contributed by atoms with E-state index in [-0.39, 0.29) is 37.7 Å². The van der Waals surface area contributed by atoms with Gasteiger partial charge in [-0.05, 0) is 64.3 Å². The number of anilines is 1. The lowest BCUT2D eigenvalue weighted by Crippen LogP contribution is -2.53. The van der Waals surface area contributed by atoms with Gasteiger partial charge in [-0.1, -0.05) is 48.9 Å². The highest BCUT2D eigenvalue weighted by atomic mass is 35.5. The maximum atomic E-state index is 13.6. The molecule has 10 heteroatoms. The van der Waals surface area contributed by atoms with Crippen LogP contribution in [0.2, 0.25) is 5.02 Å². The summed E-state index contributed by atoms with van der Waals surface area (Å²) in [5, 5.41) is 3.48. The fourth-order valence-electron chi connectivity index (χ4n) is 4.11. The van der Waals surface area contributed by atoms with Gasteiger partial charge >= 0.3 is 0 Å². The predicted molar refractivity (Wildman–Crippen MR) is 153 cm³/mol. The van der Waals surface area contributed by atoms with Crippen LogP contribution in [0.25, 0.3) is 0 Å². The molecule has 0 aliphatic carbocycles. The number of sulfonamides is 1. The minimum atomic E-state index is -3.64. The van der Waals surface area contributed by atoms with E-state index in [1.807, 2.05) is 52.8 Å². The van der Waals surface area contributed by atoms with Gasteiger partial charge in [-0.2, -0.15) is 0 Å². The number of ether oxygens (including phenoxy) is 1. The van der Waals surface area contributed by atoms with E-state index in [0.717, 1.165) is 11.8 Å². The van der Waals surface area contributed by atoms with Gasteiger partial charge in [-0.15, -0.1) is 0 Å². The van der Waals surface area contributed by atoms with E-state index in [2.05, 4.69) is 5.32 Å². The van der Waals surface area contributed by atoms with E-state index in [0.29, 0.717) is 29.5 Å². The highest BCUT2D eigenvalue weighted by molar-refractivity contribution is 7.92. The molecule has 0 aliphatic heterocycles. The van der Waals surface area contributed by atoms with Crippen molar-refractivity contribution in [2.45, 2.75) is 72.0 Å². The molecular formula is C28H40ClN3O5S. The smallest absolute Gasteiger partial charge is 0.243 e. The summed E-state index contributed by atoms with van der Waals surface area (Å²) in [5.74, 6) is -0.0480. The minimum Gasteiger partial charge on any atom is -0.492 e. The largest absolute Gasteiger partial charge is 0.492 e. The van der Waals surface area contributed by atoms with Gasteiger partial charge < -0.3 is 15.0 Å². The maximum absolute atomic E-state index is 13.6. The molecule has 0 bridgehead atoms. The van der Waals surface area contributed by atoms with Gasteiger partial charge in [0, 0.05) is 30.1 Å². The molecule has 0 aromatic heterocycles. The first-order chi connectivity index (χ1) is 17.8. The van der Waals surface area contributed by atoms with Gasteiger partial charge in [0.1, 0.15) is 11.8 Å². The number of amides is 2. The van der Waals surface area contributed by atoms with Crippen molar-refractivity contribution in [2.24, 2.45) is 0 Å². The number of benzene rings is 2. The normalized spacial score (nSPS) is 12.5. The third-order valence-electron chi connectivity index (χ3n) is 5.77. The van der Waals surface area contributed by atoms with E-state index in [1.165, 1.54) is 4.31 Å². The highest BCUT2D eigenvalue weighted by Gasteiger charge is 2.31. The number of nitrogens with one attached hydrogen (secondary N) is 1. The Labute approximate surface area is 232 Å². The molecule has 0 aliphatic rings. The van der Waals surface area contributed by atoms with Crippen molar-refractivity contribution in [1.82, 2.24) is 10.2 Å². The molecule has 2 amide bonds. The molecule has 0 heterocycles. The molecule has 2 rings (SSSR count). The molecule has 2 aromatic carbocycles. The molecule has 210 valence electrons. The molecule has 0 saturated carbocycles. The maximum Gasteiger partial charge on any atom is 0.243 e. The first kappa shape index (κ1) is 31.4. The van der Waals surface area contributed by atoms with Crippen LogP contribution in [0.3, 0.4) is 0 Å². The Morgan fingerprint density at radius 1 is 1.05 bits per heavy atom. The number of nitrogens with zero attached hydrogens (tertiary/aromatic N) is 2. The van der Waals surface area contributed by atoms with Crippen molar-refractivity contribution in [3.05, 3.63) is 59.1 Å². The van der Waals surface area contributed by atoms with Crippen molar-refractivity contribution in [3.8, 4) is 5.75 Å². The van der Waals surface area contributed by atoms with Gasteiger partial charge in [0.2, 0.25) is 21.8 Å². The predicted octanol–water partition coefficient (Wildman–Crippen LogP) is 5.01. The van der Waals surface area contributed by atoms with Crippen molar-refractivity contribution in [2.75, 3.05) is 23.7 Å². The van der Waals surface area contributed by atoms with Gasteiger partial charge in [-0.3, -0.25) is 13.9 Å². The van der Waals surface area contributed by atoms with Crippen LogP contribution in [0.4, 0.5) is 5.69 Å². The number of hydrogen-bond acceptors (Lipinski definition) is 5. The Bertz CT molecular complexity index is 1200. The zero-order chi connectivity index (χ0) is 28.5. The molecule has 8 nitrogen and oxygen atoms in total. The minimum absolute atomic E-state index is 0.0482. The van der Waals surface area contributed by atoms with E-state index in [1.54, 1.807) is 35.2 Å². The first-order valence-electron chi connectivity index (χ1n) is 12.8. The first-order valence-corrected chi connectivity index (χ1v) is 15.1. The second-order valence-corrected chi connectivity index (χ2v) is 12.4. The summed E-state index contributed by atoms with van der Waals surface area (Å²) in [6.07, 6.45) is 1.84. The number of rotatable bonds is 13. The van der Waals surface area contributed by atoms with Crippen LogP contribution in [-0.4, -0.2) is 56.1 Å². The highest BCUT2D eigenvalue weighted by Crippen LogP contribution is 2.30. The average molecular weight is 566 g/mol. The molecule has 38 heavy (non-hydrogen) atoms. The average Bonchev–Trinajstić information content (AvgIpc) is 2.81. The Hall–Kier alpha value is -2.78. The number of carbonyl (C=O) groups excluding carboxylic acids is 2. The van der Waals surface area contributed by atoms with Gasteiger partial charge in [0.25, 0.3) is 0 Å². The summed E-state index contributed by atoms with van der Waals surface area (Å²) in [6.45, 7) is 9.98. The van der Waals surface area contributed by atoms with Gasteiger partial charge in [-0.25, -0.2) is 8.42 Å². The Morgan fingerprint density at radius 3 is 2.26 bits per heavy atom. The lowest BCUT2D eigenvalue weighted by atomic mass is 10.0. The molecule has 1 atom stereocenters. The zero-order valence-electron chi connectivity index (χ0n) is 23.2. The molecule has 0 fully saturated rings. The van der Waals surface area contributed by atoms with Crippen LogP contribution >= 0.6 is 11.6 Å². The molecular weight excluding hydrogens is 526 g/mol. The van der Waals surface area contributed by atoms with E-state index in [4.69, 9.17) is 16.3 Å². The van der Waals surface area contributed by atoms with Crippen LogP contribution in [0, 0.1) is 0 Å². The monoisotopic (exact) mass is 565 g/mol. The van der Waals surface area contributed by atoms with Crippen molar-refractivity contribution in [3.63, 3.8) is 0 Å². The third kappa shape index (κ3) is 9.20. The van der Waals surface area contributed by atoms with Crippen LogP contribution in [0.15, 0.2) is 48.5 Å². The molecule has 0 saturated heterocycles. The summed E-state index contributed by atoms with van der Waals surface area (Å²) in [6, 6.07) is 13.4. The summed E-state index contributed by atoms with van der Waals surface area (Å²) < 4.78 is 32.2. The summed E-state index contributed by atoms with van der Waals surface area (Å²) in [5.41, 5.74) is 0.689.